The van der Waals surface area contributed by atoms with E-state index >= 15 is 0 Å². The predicted octanol–water partition coefficient (Wildman–Crippen LogP) is 0.512. The molecule has 0 aliphatic carbocycles. The van der Waals surface area contributed by atoms with Crippen LogP contribution in [0.2, 0.25) is 5.54 Å². The van der Waals surface area contributed by atoms with E-state index < -0.39 is 19.9 Å². The monoisotopic (exact) mass is 276 g/mol. The Hall–Kier alpha value is 0.0169. The first-order chi connectivity index (χ1) is 8.34. The van der Waals surface area contributed by atoms with Gasteiger partial charge in [0.25, 0.3) is 0 Å². The van der Waals surface area contributed by atoms with Gasteiger partial charge in [0.1, 0.15) is 5.60 Å². The van der Waals surface area contributed by atoms with Crippen molar-refractivity contribution in [2.75, 3.05) is 13.2 Å². The Bertz CT molecular complexity index is 305. The first-order valence-electron chi connectivity index (χ1n) is 6.76. The molecule has 2 saturated heterocycles. The molecular weight excluding hydrogens is 252 g/mol. The number of hydrogen-bond donors (Lipinski definition) is 3. The zero-order valence-electron chi connectivity index (χ0n) is 11.3. The lowest BCUT2D eigenvalue weighted by molar-refractivity contribution is -0.310. The molecule has 5 nitrogen and oxygen atoms in total. The van der Waals surface area contributed by atoms with Crippen LogP contribution in [-0.4, -0.2) is 48.1 Å². The second-order valence-electron chi connectivity index (χ2n) is 5.83. The van der Waals surface area contributed by atoms with Crippen LogP contribution in [0.5, 0.6) is 0 Å². The molecule has 5 atom stereocenters. The van der Waals surface area contributed by atoms with E-state index in [-0.39, 0.29) is 12.0 Å². The lowest BCUT2D eigenvalue weighted by atomic mass is 9.70. The summed E-state index contributed by atoms with van der Waals surface area (Å²) >= 11 is 0. The van der Waals surface area contributed by atoms with Crippen LogP contribution in [0.25, 0.3) is 0 Å². The summed E-state index contributed by atoms with van der Waals surface area (Å²) in [6.45, 7) is 7.34. The molecule has 5 unspecified atom stereocenters. The molecular formula is C12H24O5Si. The summed E-state index contributed by atoms with van der Waals surface area (Å²) < 4.78 is 11.4. The van der Waals surface area contributed by atoms with Gasteiger partial charge in [0.05, 0.1) is 24.9 Å². The van der Waals surface area contributed by atoms with Crippen molar-refractivity contribution >= 4 is 8.80 Å². The largest absolute Gasteiger partial charge is 0.499 e. The van der Waals surface area contributed by atoms with Crippen LogP contribution in [0.3, 0.4) is 0 Å². The molecule has 2 aliphatic rings. The maximum atomic E-state index is 9.80. The van der Waals surface area contributed by atoms with Gasteiger partial charge in [-0.1, -0.05) is 27.2 Å². The molecule has 0 spiro atoms. The Morgan fingerprint density at radius 1 is 1.28 bits per heavy atom. The molecule has 0 aromatic carbocycles. The van der Waals surface area contributed by atoms with E-state index in [1.807, 2.05) is 13.8 Å². The van der Waals surface area contributed by atoms with Crippen LogP contribution >= 0.6 is 0 Å². The Kier molecular flexibility index (Phi) is 3.88. The lowest BCUT2D eigenvalue weighted by Gasteiger charge is -2.61. The summed E-state index contributed by atoms with van der Waals surface area (Å²) in [7, 11) is -4.23. The minimum absolute atomic E-state index is 0.129. The topological polar surface area (TPSA) is 79.2 Å². The summed E-state index contributed by atoms with van der Waals surface area (Å²) in [6, 6.07) is 0. The highest BCUT2D eigenvalue weighted by Crippen LogP contribution is 2.54. The molecule has 2 rings (SSSR count). The summed E-state index contributed by atoms with van der Waals surface area (Å²) in [4.78, 5) is 29.4. The fraction of sp³-hybridized carbons (Fsp3) is 1.00. The average Bonchev–Trinajstić information content (AvgIpc) is 2.27. The Labute approximate surface area is 109 Å². The fourth-order valence-corrected chi connectivity index (χ4v) is 5.23. The molecule has 0 radical (unpaired) electrons. The summed E-state index contributed by atoms with van der Waals surface area (Å²) in [6.07, 6.45) is 1.20. The zero-order chi connectivity index (χ0) is 13.6. The molecule has 18 heavy (non-hydrogen) atoms. The van der Waals surface area contributed by atoms with E-state index in [1.54, 1.807) is 0 Å². The third kappa shape index (κ3) is 2.05. The van der Waals surface area contributed by atoms with Crippen molar-refractivity contribution in [3.05, 3.63) is 0 Å². The van der Waals surface area contributed by atoms with Crippen molar-refractivity contribution in [3.8, 4) is 0 Å². The molecule has 0 aromatic heterocycles. The van der Waals surface area contributed by atoms with Gasteiger partial charge in [0.2, 0.25) is 0 Å². The maximum absolute atomic E-state index is 9.80. The van der Waals surface area contributed by atoms with Crippen molar-refractivity contribution in [1.82, 2.24) is 0 Å². The van der Waals surface area contributed by atoms with Crippen LogP contribution < -0.4 is 0 Å². The van der Waals surface area contributed by atoms with Gasteiger partial charge in [-0.3, -0.25) is 0 Å². The standard InChI is InChI=1S/C12H24O5Si/c1-4-5-10(18(13,14)15)12(9(3)7-17-12)11-8(2)6-16-11/h8-11,13-15H,4-7H2,1-3H3. The van der Waals surface area contributed by atoms with Gasteiger partial charge in [0.15, 0.2) is 0 Å². The minimum Gasteiger partial charge on any atom is -0.390 e. The van der Waals surface area contributed by atoms with Crippen molar-refractivity contribution < 1.29 is 23.9 Å². The van der Waals surface area contributed by atoms with E-state index in [0.29, 0.717) is 25.6 Å². The van der Waals surface area contributed by atoms with Gasteiger partial charge in [-0.05, 0) is 6.42 Å². The van der Waals surface area contributed by atoms with E-state index in [9.17, 15) is 14.4 Å². The molecule has 0 amide bonds. The number of rotatable bonds is 5. The third-order valence-corrected chi connectivity index (χ3v) is 6.12. The zero-order valence-corrected chi connectivity index (χ0v) is 12.3. The van der Waals surface area contributed by atoms with Gasteiger partial charge in [-0.2, -0.15) is 0 Å². The predicted molar refractivity (Wildman–Crippen MR) is 67.8 cm³/mol. The summed E-state index contributed by atoms with van der Waals surface area (Å²) in [5, 5.41) is 0. The highest BCUT2D eigenvalue weighted by molar-refractivity contribution is 6.58. The fourth-order valence-electron chi connectivity index (χ4n) is 3.42. The normalized spacial score (nSPS) is 42.0. The van der Waals surface area contributed by atoms with Gasteiger partial charge in [-0.25, -0.2) is 0 Å². The Morgan fingerprint density at radius 2 is 1.94 bits per heavy atom. The highest BCUT2D eigenvalue weighted by atomic mass is 28.4. The molecule has 3 N–H and O–H groups in total. The van der Waals surface area contributed by atoms with Crippen molar-refractivity contribution in [2.45, 2.75) is 50.9 Å². The lowest BCUT2D eigenvalue weighted by Crippen LogP contribution is -2.72. The molecule has 2 aliphatic heterocycles. The van der Waals surface area contributed by atoms with E-state index in [2.05, 4.69) is 6.92 Å². The summed E-state index contributed by atoms with van der Waals surface area (Å²) in [5.41, 5.74) is -1.32. The molecule has 106 valence electrons. The number of ether oxygens (including phenoxy) is 2. The number of hydrogen-bond acceptors (Lipinski definition) is 5. The Balaban J connectivity index is 2.27. The Morgan fingerprint density at radius 3 is 2.17 bits per heavy atom. The van der Waals surface area contributed by atoms with Crippen molar-refractivity contribution in [1.29, 1.82) is 0 Å². The first-order valence-corrected chi connectivity index (χ1v) is 8.68. The van der Waals surface area contributed by atoms with Crippen molar-refractivity contribution in [3.63, 3.8) is 0 Å². The summed E-state index contributed by atoms with van der Waals surface area (Å²) in [5.74, 6) is 0.517. The van der Waals surface area contributed by atoms with Gasteiger partial charge < -0.3 is 23.9 Å². The van der Waals surface area contributed by atoms with Crippen molar-refractivity contribution in [2.24, 2.45) is 11.8 Å². The van der Waals surface area contributed by atoms with Crippen LogP contribution in [0.15, 0.2) is 0 Å². The SMILES string of the molecule is CCCC(C1(C2OCC2C)OCC1C)[Si](O)(O)O. The molecule has 0 saturated carbocycles. The second kappa shape index (κ2) is 4.85. The molecule has 6 heteroatoms. The molecule has 2 fully saturated rings. The first kappa shape index (κ1) is 14.4. The maximum Gasteiger partial charge on any atom is 0.499 e. The van der Waals surface area contributed by atoms with Crippen LogP contribution in [0.4, 0.5) is 0 Å². The van der Waals surface area contributed by atoms with Gasteiger partial charge >= 0.3 is 8.80 Å². The van der Waals surface area contributed by atoms with E-state index in [4.69, 9.17) is 9.47 Å². The molecule has 0 bridgehead atoms. The smallest absolute Gasteiger partial charge is 0.390 e. The van der Waals surface area contributed by atoms with E-state index in [0.717, 1.165) is 6.42 Å². The minimum atomic E-state index is -4.23. The average molecular weight is 276 g/mol. The highest BCUT2D eigenvalue weighted by Gasteiger charge is 2.66. The molecule has 0 aromatic rings. The van der Waals surface area contributed by atoms with Crippen LogP contribution in [-0.2, 0) is 9.47 Å². The van der Waals surface area contributed by atoms with Crippen LogP contribution in [0, 0.1) is 11.8 Å². The quantitative estimate of drug-likeness (QED) is 0.638. The molecule has 2 heterocycles. The van der Waals surface area contributed by atoms with Gasteiger partial charge in [-0.15, -0.1) is 0 Å². The van der Waals surface area contributed by atoms with Crippen LogP contribution in [0.1, 0.15) is 33.6 Å². The van der Waals surface area contributed by atoms with E-state index in [1.165, 1.54) is 0 Å². The second-order valence-corrected chi connectivity index (χ2v) is 7.90. The van der Waals surface area contributed by atoms with Gasteiger partial charge in [0, 0.05) is 11.8 Å². The third-order valence-electron chi connectivity index (χ3n) is 4.44.